The summed E-state index contributed by atoms with van der Waals surface area (Å²) in [5.41, 5.74) is 3.24. The Hall–Kier alpha value is -0.860. The Kier molecular flexibility index (Phi) is 3.85. The molecule has 1 aliphatic heterocycles. The average Bonchev–Trinajstić information content (AvgIpc) is 2.43. The minimum atomic E-state index is 0.374. The van der Waals surface area contributed by atoms with Crippen LogP contribution < -0.4 is 5.32 Å². The lowest BCUT2D eigenvalue weighted by atomic mass is 9.93. The molecule has 1 fully saturated rings. The molecule has 0 spiro atoms. The number of nitrogens with one attached hydrogen (secondary N) is 1. The second-order valence-electron chi connectivity index (χ2n) is 5.98. The molecule has 1 aromatic rings. The zero-order valence-corrected chi connectivity index (χ0v) is 11.3. The normalized spacial score (nSPS) is 21.1. The van der Waals surface area contributed by atoms with Gasteiger partial charge in [-0.2, -0.15) is 0 Å². The average molecular weight is 232 g/mol. The molecule has 1 heterocycles. The van der Waals surface area contributed by atoms with Crippen LogP contribution in [0.1, 0.15) is 25.0 Å². The first-order chi connectivity index (χ1) is 8.07. The predicted octanol–water partition coefficient (Wildman–Crippen LogP) is 2.43. The number of hydrogen-bond donors (Lipinski definition) is 1. The van der Waals surface area contributed by atoms with E-state index in [4.69, 9.17) is 0 Å². The van der Waals surface area contributed by atoms with Crippen molar-refractivity contribution in [2.45, 2.75) is 27.3 Å². The smallest absolute Gasteiger partial charge is 0.0237 e. The maximum atomic E-state index is 3.53. The van der Waals surface area contributed by atoms with Gasteiger partial charge in [-0.3, -0.25) is 4.90 Å². The molecule has 1 aromatic carbocycles. The van der Waals surface area contributed by atoms with Crippen LogP contribution in [0.3, 0.4) is 0 Å². The fourth-order valence-electron chi connectivity index (χ4n) is 2.57. The van der Waals surface area contributed by atoms with Gasteiger partial charge < -0.3 is 5.32 Å². The molecule has 17 heavy (non-hydrogen) atoms. The minimum Gasteiger partial charge on any atom is -0.315 e. The van der Waals surface area contributed by atoms with Gasteiger partial charge in [-0.15, -0.1) is 0 Å². The molecule has 0 atom stereocenters. The molecular weight excluding hydrogens is 208 g/mol. The van der Waals surface area contributed by atoms with Crippen molar-refractivity contribution >= 4 is 0 Å². The number of rotatable bonds is 2. The number of benzene rings is 1. The molecule has 0 unspecified atom stereocenters. The van der Waals surface area contributed by atoms with Crippen molar-refractivity contribution in [3.8, 4) is 0 Å². The van der Waals surface area contributed by atoms with Crippen LogP contribution >= 0.6 is 0 Å². The number of hydrogen-bond acceptors (Lipinski definition) is 2. The number of aryl methyl sites for hydroxylation is 1. The molecule has 94 valence electrons. The van der Waals surface area contributed by atoms with E-state index >= 15 is 0 Å². The summed E-state index contributed by atoms with van der Waals surface area (Å²) >= 11 is 0. The minimum absolute atomic E-state index is 0.374. The summed E-state index contributed by atoms with van der Waals surface area (Å²) in [5.74, 6) is 0. The maximum absolute atomic E-state index is 3.53. The molecule has 0 amide bonds. The summed E-state index contributed by atoms with van der Waals surface area (Å²) in [4.78, 5) is 2.57. The van der Waals surface area contributed by atoms with Crippen LogP contribution in [0.4, 0.5) is 0 Å². The molecule has 2 nitrogen and oxygen atoms in total. The van der Waals surface area contributed by atoms with Gasteiger partial charge in [0, 0.05) is 32.7 Å². The Morgan fingerprint density at radius 3 is 2.82 bits per heavy atom. The molecule has 0 saturated carbocycles. The Morgan fingerprint density at radius 1 is 1.29 bits per heavy atom. The van der Waals surface area contributed by atoms with E-state index in [0.717, 1.165) is 26.2 Å². The summed E-state index contributed by atoms with van der Waals surface area (Å²) in [6.45, 7) is 12.5. The maximum Gasteiger partial charge on any atom is 0.0237 e. The Bertz CT molecular complexity index is 371. The third-order valence-electron chi connectivity index (χ3n) is 3.52. The largest absolute Gasteiger partial charge is 0.315 e. The molecule has 1 aliphatic rings. The van der Waals surface area contributed by atoms with Gasteiger partial charge in [0.15, 0.2) is 0 Å². The monoisotopic (exact) mass is 232 g/mol. The fourth-order valence-corrected chi connectivity index (χ4v) is 2.57. The van der Waals surface area contributed by atoms with Gasteiger partial charge in [-0.25, -0.2) is 0 Å². The fraction of sp³-hybridized carbons (Fsp3) is 0.600. The van der Waals surface area contributed by atoms with Gasteiger partial charge in [-0.1, -0.05) is 38.1 Å². The molecule has 1 N–H and O–H groups in total. The van der Waals surface area contributed by atoms with Crippen LogP contribution in [0.5, 0.6) is 0 Å². The topological polar surface area (TPSA) is 15.3 Å². The van der Waals surface area contributed by atoms with Gasteiger partial charge in [0.05, 0.1) is 0 Å². The van der Waals surface area contributed by atoms with E-state index in [0.29, 0.717) is 5.41 Å². The van der Waals surface area contributed by atoms with Crippen LogP contribution in [0.25, 0.3) is 0 Å². The van der Waals surface area contributed by atoms with Crippen LogP contribution in [-0.2, 0) is 6.54 Å². The first-order valence-corrected chi connectivity index (χ1v) is 6.54. The first-order valence-electron chi connectivity index (χ1n) is 6.54. The zero-order chi connectivity index (χ0) is 12.3. The van der Waals surface area contributed by atoms with Crippen molar-refractivity contribution in [1.82, 2.24) is 10.2 Å². The molecule has 0 radical (unpaired) electrons. The highest BCUT2D eigenvalue weighted by molar-refractivity contribution is 5.25. The van der Waals surface area contributed by atoms with Crippen LogP contribution in [0.15, 0.2) is 24.3 Å². The number of nitrogens with zero attached hydrogens (tertiary/aromatic N) is 1. The van der Waals surface area contributed by atoms with E-state index in [9.17, 15) is 0 Å². The van der Waals surface area contributed by atoms with Crippen molar-refractivity contribution in [3.63, 3.8) is 0 Å². The van der Waals surface area contributed by atoms with Gasteiger partial charge in [-0.05, 0) is 23.5 Å². The van der Waals surface area contributed by atoms with Crippen molar-refractivity contribution in [1.29, 1.82) is 0 Å². The summed E-state index contributed by atoms with van der Waals surface area (Å²) in [7, 11) is 0. The van der Waals surface area contributed by atoms with Gasteiger partial charge >= 0.3 is 0 Å². The van der Waals surface area contributed by atoms with Crippen LogP contribution in [-0.4, -0.2) is 31.1 Å². The van der Waals surface area contributed by atoms with Crippen molar-refractivity contribution in [3.05, 3.63) is 35.4 Å². The summed E-state index contributed by atoms with van der Waals surface area (Å²) in [6, 6.07) is 8.72. The quantitative estimate of drug-likeness (QED) is 0.842. The third-order valence-corrected chi connectivity index (χ3v) is 3.52. The standard InChI is InChI=1S/C15H24N2/c1-13-6-4-5-7-14(13)10-17-9-8-16-11-15(2,3)12-17/h4-7,16H,8-12H2,1-3H3. The Labute approximate surface area is 105 Å². The molecular formula is C15H24N2. The van der Waals surface area contributed by atoms with E-state index in [1.54, 1.807) is 0 Å². The zero-order valence-electron chi connectivity index (χ0n) is 11.3. The van der Waals surface area contributed by atoms with Crippen LogP contribution in [0, 0.1) is 12.3 Å². The molecule has 0 aliphatic carbocycles. The highest BCUT2D eigenvalue weighted by atomic mass is 15.2. The second-order valence-corrected chi connectivity index (χ2v) is 5.98. The van der Waals surface area contributed by atoms with E-state index in [1.807, 2.05) is 0 Å². The van der Waals surface area contributed by atoms with Crippen molar-refractivity contribution in [2.24, 2.45) is 5.41 Å². The summed E-state index contributed by atoms with van der Waals surface area (Å²) in [6.07, 6.45) is 0. The Balaban J connectivity index is 2.05. The van der Waals surface area contributed by atoms with Crippen molar-refractivity contribution in [2.75, 3.05) is 26.2 Å². The highest BCUT2D eigenvalue weighted by Gasteiger charge is 2.24. The van der Waals surface area contributed by atoms with Gasteiger partial charge in [0.2, 0.25) is 0 Å². The van der Waals surface area contributed by atoms with Gasteiger partial charge in [0.1, 0.15) is 0 Å². The molecule has 1 saturated heterocycles. The van der Waals surface area contributed by atoms with Gasteiger partial charge in [0.25, 0.3) is 0 Å². The highest BCUT2D eigenvalue weighted by Crippen LogP contribution is 2.20. The lowest BCUT2D eigenvalue weighted by molar-refractivity contribution is 0.200. The molecule has 2 heteroatoms. The van der Waals surface area contributed by atoms with E-state index < -0.39 is 0 Å². The first kappa shape index (κ1) is 12.6. The van der Waals surface area contributed by atoms with Crippen LogP contribution in [0.2, 0.25) is 0 Å². The lowest BCUT2D eigenvalue weighted by Crippen LogP contribution is -2.34. The Morgan fingerprint density at radius 2 is 2.06 bits per heavy atom. The SMILES string of the molecule is Cc1ccccc1CN1CCNCC(C)(C)C1. The molecule has 0 aromatic heterocycles. The molecule has 0 bridgehead atoms. The third kappa shape index (κ3) is 3.55. The molecule has 2 rings (SSSR count). The summed E-state index contributed by atoms with van der Waals surface area (Å²) in [5, 5.41) is 3.53. The van der Waals surface area contributed by atoms with Crippen molar-refractivity contribution < 1.29 is 0 Å². The second kappa shape index (κ2) is 5.19. The predicted molar refractivity (Wildman–Crippen MR) is 73.1 cm³/mol. The van der Waals surface area contributed by atoms with E-state index in [-0.39, 0.29) is 0 Å². The van der Waals surface area contributed by atoms with E-state index in [2.05, 4.69) is 55.3 Å². The summed E-state index contributed by atoms with van der Waals surface area (Å²) < 4.78 is 0. The lowest BCUT2D eigenvalue weighted by Gasteiger charge is -2.29. The van der Waals surface area contributed by atoms with E-state index in [1.165, 1.54) is 17.7 Å².